The van der Waals surface area contributed by atoms with E-state index in [0.717, 1.165) is 50.8 Å². The number of halogens is 4. The first-order valence-corrected chi connectivity index (χ1v) is 7.39. The van der Waals surface area contributed by atoms with Crippen molar-refractivity contribution in [1.82, 2.24) is 4.90 Å². The monoisotopic (exact) mass is 301 g/mol. The molecule has 5 heteroatoms. The maximum Gasteiger partial charge on any atom is 0.419 e. The second-order valence-corrected chi connectivity index (χ2v) is 6.45. The lowest BCUT2D eigenvalue weighted by atomic mass is 9.87. The van der Waals surface area contributed by atoms with E-state index in [9.17, 15) is 17.6 Å². The van der Waals surface area contributed by atoms with Gasteiger partial charge in [0, 0.05) is 6.04 Å². The van der Waals surface area contributed by atoms with Gasteiger partial charge in [0.25, 0.3) is 0 Å². The smallest absolute Gasteiger partial charge is 0.303 e. The Morgan fingerprint density at radius 2 is 2.00 bits per heavy atom. The quantitative estimate of drug-likeness (QED) is 0.750. The molecule has 1 aliphatic carbocycles. The number of hydrogen-bond acceptors (Lipinski definition) is 1. The SMILES string of the molecule is CN1CCC[C@@H]1CC1(c2ccc(F)c(C(F)(F)F)c2)CC1. The zero-order valence-electron chi connectivity index (χ0n) is 12.0. The highest BCUT2D eigenvalue weighted by molar-refractivity contribution is 5.37. The van der Waals surface area contributed by atoms with E-state index in [0.29, 0.717) is 11.6 Å². The highest BCUT2D eigenvalue weighted by Crippen LogP contribution is 2.53. The van der Waals surface area contributed by atoms with Gasteiger partial charge in [0.15, 0.2) is 0 Å². The van der Waals surface area contributed by atoms with Gasteiger partial charge in [0.05, 0.1) is 5.56 Å². The van der Waals surface area contributed by atoms with Crippen LogP contribution in [0.5, 0.6) is 0 Å². The molecule has 0 bridgehead atoms. The summed E-state index contributed by atoms with van der Waals surface area (Å²) < 4.78 is 52.0. The Morgan fingerprint density at radius 1 is 1.29 bits per heavy atom. The highest BCUT2D eigenvalue weighted by atomic mass is 19.4. The van der Waals surface area contributed by atoms with E-state index in [1.54, 1.807) is 0 Å². The van der Waals surface area contributed by atoms with Crippen molar-refractivity contribution in [3.05, 3.63) is 35.1 Å². The van der Waals surface area contributed by atoms with Crippen LogP contribution in [-0.2, 0) is 11.6 Å². The van der Waals surface area contributed by atoms with Crippen LogP contribution in [-0.4, -0.2) is 24.5 Å². The Labute approximate surface area is 121 Å². The molecule has 0 spiro atoms. The van der Waals surface area contributed by atoms with Crippen molar-refractivity contribution >= 4 is 0 Å². The molecule has 0 aromatic heterocycles. The maximum absolute atomic E-state index is 13.4. The molecule has 1 aromatic rings. The van der Waals surface area contributed by atoms with Crippen LogP contribution in [0, 0.1) is 5.82 Å². The Morgan fingerprint density at radius 3 is 2.52 bits per heavy atom. The molecule has 21 heavy (non-hydrogen) atoms. The van der Waals surface area contributed by atoms with Gasteiger partial charge in [-0.2, -0.15) is 13.2 Å². The summed E-state index contributed by atoms with van der Waals surface area (Å²) in [5.74, 6) is -1.18. The predicted molar refractivity (Wildman–Crippen MR) is 72.6 cm³/mol. The standard InChI is InChI=1S/C16H19F4N/c1-21-8-2-3-12(21)10-15(6-7-15)11-4-5-14(17)13(9-11)16(18,19)20/h4-5,9,12H,2-3,6-8,10H2,1H3/t12-/m1/s1. The number of nitrogens with zero attached hydrogens (tertiary/aromatic N) is 1. The summed E-state index contributed by atoms with van der Waals surface area (Å²) >= 11 is 0. The van der Waals surface area contributed by atoms with Crippen LogP contribution in [0.3, 0.4) is 0 Å². The van der Waals surface area contributed by atoms with Crippen LogP contribution in [0.25, 0.3) is 0 Å². The van der Waals surface area contributed by atoms with E-state index in [-0.39, 0.29) is 5.41 Å². The van der Waals surface area contributed by atoms with Crippen LogP contribution in [0.4, 0.5) is 17.6 Å². The van der Waals surface area contributed by atoms with Crippen molar-refractivity contribution in [2.45, 2.75) is 49.7 Å². The van der Waals surface area contributed by atoms with Crippen molar-refractivity contribution in [3.63, 3.8) is 0 Å². The number of hydrogen-bond donors (Lipinski definition) is 0. The Hall–Kier alpha value is -1.10. The lowest BCUT2D eigenvalue weighted by Gasteiger charge is -2.26. The number of alkyl halides is 3. The fourth-order valence-electron chi connectivity index (χ4n) is 3.52. The summed E-state index contributed by atoms with van der Waals surface area (Å²) in [6.45, 7) is 1.05. The fraction of sp³-hybridized carbons (Fsp3) is 0.625. The Balaban J connectivity index is 1.86. The largest absolute Gasteiger partial charge is 0.419 e. The third-order valence-corrected chi connectivity index (χ3v) is 5.04. The van der Waals surface area contributed by atoms with Gasteiger partial charge in [0.2, 0.25) is 0 Å². The van der Waals surface area contributed by atoms with E-state index < -0.39 is 17.6 Å². The van der Waals surface area contributed by atoms with Crippen LogP contribution < -0.4 is 0 Å². The molecule has 2 aliphatic rings. The summed E-state index contributed by atoms with van der Waals surface area (Å²) in [6.07, 6.45) is 0.313. The van der Waals surface area contributed by atoms with Crippen LogP contribution in [0.15, 0.2) is 18.2 Å². The molecule has 1 heterocycles. The predicted octanol–water partition coefficient (Wildman–Crippen LogP) is 4.36. The lowest BCUT2D eigenvalue weighted by Crippen LogP contribution is -2.29. The third kappa shape index (κ3) is 2.80. The van der Waals surface area contributed by atoms with Crippen molar-refractivity contribution in [2.24, 2.45) is 0 Å². The number of likely N-dealkylation sites (tertiary alicyclic amines) is 1. The van der Waals surface area contributed by atoms with Gasteiger partial charge >= 0.3 is 6.18 Å². The van der Waals surface area contributed by atoms with Gasteiger partial charge in [-0.3, -0.25) is 0 Å². The summed E-state index contributed by atoms with van der Waals surface area (Å²) in [4.78, 5) is 2.29. The summed E-state index contributed by atoms with van der Waals surface area (Å²) in [6, 6.07) is 3.97. The normalized spacial score (nSPS) is 25.3. The van der Waals surface area contributed by atoms with Crippen molar-refractivity contribution in [2.75, 3.05) is 13.6 Å². The van der Waals surface area contributed by atoms with E-state index >= 15 is 0 Å². The van der Waals surface area contributed by atoms with Crippen LogP contribution in [0.1, 0.15) is 43.2 Å². The number of rotatable bonds is 3. The maximum atomic E-state index is 13.4. The topological polar surface area (TPSA) is 3.24 Å². The van der Waals surface area contributed by atoms with E-state index in [1.165, 1.54) is 6.07 Å². The molecule has 1 nitrogen and oxygen atoms in total. The minimum Gasteiger partial charge on any atom is -0.303 e. The van der Waals surface area contributed by atoms with Gasteiger partial charge in [-0.25, -0.2) is 4.39 Å². The van der Waals surface area contributed by atoms with Gasteiger partial charge in [-0.1, -0.05) is 6.07 Å². The van der Waals surface area contributed by atoms with E-state index in [2.05, 4.69) is 11.9 Å². The first kappa shape index (κ1) is 14.8. The minimum atomic E-state index is -4.62. The van der Waals surface area contributed by atoms with E-state index in [1.807, 2.05) is 0 Å². The van der Waals surface area contributed by atoms with Crippen molar-refractivity contribution < 1.29 is 17.6 Å². The average molecular weight is 301 g/mol. The molecule has 1 aromatic carbocycles. The third-order valence-electron chi connectivity index (χ3n) is 5.04. The molecule has 116 valence electrons. The highest BCUT2D eigenvalue weighted by Gasteiger charge is 2.47. The van der Waals surface area contributed by atoms with Gasteiger partial charge < -0.3 is 4.90 Å². The molecule has 2 fully saturated rings. The van der Waals surface area contributed by atoms with Gasteiger partial charge in [0.1, 0.15) is 5.82 Å². The van der Waals surface area contributed by atoms with Crippen molar-refractivity contribution in [3.8, 4) is 0 Å². The summed E-state index contributed by atoms with van der Waals surface area (Å²) in [5.41, 5.74) is -0.653. The average Bonchev–Trinajstić information content (AvgIpc) is 3.07. The molecule has 3 rings (SSSR count). The number of benzene rings is 1. The molecule has 0 amide bonds. The second kappa shape index (κ2) is 4.97. The van der Waals surface area contributed by atoms with Crippen molar-refractivity contribution in [1.29, 1.82) is 0 Å². The Bertz CT molecular complexity index is 534. The summed E-state index contributed by atoms with van der Waals surface area (Å²) in [5, 5.41) is 0. The lowest BCUT2D eigenvalue weighted by molar-refractivity contribution is -0.140. The Kier molecular flexibility index (Phi) is 3.51. The molecule has 1 saturated carbocycles. The molecular weight excluding hydrogens is 282 g/mol. The van der Waals surface area contributed by atoms with E-state index in [4.69, 9.17) is 0 Å². The molecular formula is C16H19F4N. The molecule has 0 unspecified atom stereocenters. The zero-order valence-corrected chi connectivity index (χ0v) is 12.0. The van der Waals surface area contributed by atoms with Crippen LogP contribution >= 0.6 is 0 Å². The molecule has 1 saturated heterocycles. The first-order chi connectivity index (χ1) is 9.82. The second-order valence-electron chi connectivity index (χ2n) is 6.45. The van der Waals surface area contributed by atoms with Gasteiger partial charge in [-0.15, -0.1) is 0 Å². The fourth-order valence-corrected chi connectivity index (χ4v) is 3.52. The van der Waals surface area contributed by atoms with Gasteiger partial charge in [-0.05, 0) is 68.8 Å². The molecule has 0 N–H and O–H groups in total. The minimum absolute atomic E-state index is 0.170. The molecule has 1 aliphatic heterocycles. The first-order valence-electron chi connectivity index (χ1n) is 7.39. The summed E-state index contributed by atoms with van der Waals surface area (Å²) in [7, 11) is 2.07. The molecule has 0 radical (unpaired) electrons. The zero-order chi connectivity index (χ0) is 15.3. The van der Waals surface area contributed by atoms with Crippen LogP contribution in [0.2, 0.25) is 0 Å². The molecule has 1 atom stereocenters.